The summed E-state index contributed by atoms with van der Waals surface area (Å²) in [6.45, 7) is -0.0666. The third-order valence-electron chi connectivity index (χ3n) is 2.70. The van der Waals surface area contributed by atoms with Crippen molar-refractivity contribution >= 4 is 17.9 Å². The Morgan fingerprint density at radius 2 is 2.27 bits per heavy atom. The zero-order valence-corrected chi connectivity index (χ0v) is 11.6. The van der Waals surface area contributed by atoms with Crippen LogP contribution in [0.4, 0.5) is 5.69 Å². The summed E-state index contributed by atoms with van der Waals surface area (Å²) in [4.78, 5) is 26.6. The van der Waals surface area contributed by atoms with Crippen molar-refractivity contribution in [1.29, 1.82) is 0 Å². The molecule has 0 radical (unpaired) electrons. The average molecular weight is 304 g/mol. The van der Waals surface area contributed by atoms with Gasteiger partial charge in [-0.1, -0.05) is 17.3 Å². The van der Waals surface area contributed by atoms with Crippen molar-refractivity contribution in [3.63, 3.8) is 0 Å². The number of nitro benzene ring substituents is 1. The minimum Gasteiger partial charge on any atom is -0.465 e. The fourth-order valence-corrected chi connectivity index (χ4v) is 1.66. The molecule has 1 aromatic heterocycles. The third kappa shape index (κ3) is 3.69. The predicted octanol–water partition coefficient (Wildman–Crippen LogP) is 2.53. The van der Waals surface area contributed by atoms with Crippen LogP contribution in [0.1, 0.15) is 21.7 Å². The maximum absolute atomic E-state index is 11.4. The topological polar surface area (TPSA) is 104 Å². The van der Waals surface area contributed by atoms with Gasteiger partial charge in [-0.2, -0.15) is 0 Å². The van der Waals surface area contributed by atoms with Crippen LogP contribution < -0.4 is 0 Å². The van der Waals surface area contributed by atoms with Gasteiger partial charge >= 0.3 is 5.97 Å². The van der Waals surface area contributed by atoms with E-state index in [4.69, 9.17) is 9.25 Å². The van der Waals surface area contributed by atoms with E-state index in [1.165, 1.54) is 37.8 Å². The Bertz CT molecular complexity index is 707. The molecule has 0 spiro atoms. The van der Waals surface area contributed by atoms with Gasteiger partial charge in [-0.15, -0.1) is 0 Å². The zero-order valence-electron chi connectivity index (χ0n) is 11.6. The highest BCUT2D eigenvalue weighted by atomic mass is 16.6. The van der Waals surface area contributed by atoms with E-state index in [9.17, 15) is 14.9 Å². The molecule has 0 aliphatic heterocycles. The molecule has 0 aliphatic carbocycles. The van der Waals surface area contributed by atoms with Gasteiger partial charge in [0.1, 0.15) is 5.56 Å². The number of carbonyl (C=O) groups excluding carboxylic acids is 1. The molecule has 0 fully saturated rings. The van der Waals surface area contributed by atoms with Crippen LogP contribution in [-0.4, -0.2) is 24.2 Å². The smallest absolute Gasteiger partial charge is 0.341 e. The molecule has 1 aromatic carbocycles. The molecule has 8 nitrogen and oxygen atoms in total. The summed E-state index contributed by atoms with van der Waals surface area (Å²) in [6, 6.07) is 7.39. The second-order valence-electron chi connectivity index (χ2n) is 4.11. The van der Waals surface area contributed by atoms with Crippen molar-refractivity contribution in [3.05, 3.63) is 63.6 Å². The molecule has 0 unspecified atom stereocenters. The molecule has 0 saturated heterocycles. The summed E-state index contributed by atoms with van der Waals surface area (Å²) in [5, 5.41) is 14.3. The van der Waals surface area contributed by atoms with Crippen LogP contribution in [0, 0.1) is 10.1 Å². The van der Waals surface area contributed by atoms with E-state index in [0.29, 0.717) is 5.56 Å². The van der Waals surface area contributed by atoms with Crippen molar-refractivity contribution in [2.45, 2.75) is 6.61 Å². The number of furan rings is 1. The third-order valence-corrected chi connectivity index (χ3v) is 2.70. The molecule has 8 heteroatoms. The van der Waals surface area contributed by atoms with Gasteiger partial charge in [-0.05, 0) is 6.07 Å². The number of hydrogen-bond donors (Lipinski definition) is 0. The van der Waals surface area contributed by atoms with Gasteiger partial charge in [0.2, 0.25) is 0 Å². The monoisotopic (exact) mass is 304 g/mol. The second-order valence-corrected chi connectivity index (χ2v) is 4.11. The molecule has 2 aromatic rings. The molecule has 0 atom stereocenters. The molecule has 114 valence electrons. The van der Waals surface area contributed by atoms with Gasteiger partial charge < -0.3 is 14.0 Å². The SMILES string of the molecule is COC(=O)c1ccoc1CON=Cc1cccc([N+](=O)[O-])c1. The molecule has 1 heterocycles. The number of non-ortho nitro benzene ring substituents is 1. The minimum absolute atomic E-state index is 0.0389. The first-order chi connectivity index (χ1) is 10.6. The number of carbonyl (C=O) groups is 1. The van der Waals surface area contributed by atoms with E-state index in [2.05, 4.69) is 9.89 Å². The van der Waals surface area contributed by atoms with E-state index in [1.54, 1.807) is 12.1 Å². The lowest BCUT2D eigenvalue weighted by Crippen LogP contribution is -2.03. The number of benzene rings is 1. The van der Waals surface area contributed by atoms with Gasteiger partial charge in [-0.3, -0.25) is 10.1 Å². The van der Waals surface area contributed by atoms with Crippen LogP contribution >= 0.6 is 0 Å². The van der Waals surface area contributed by atoms with Crippen LogP contribution in [0.25, 0.3) is 0 Å². The van der Waals surface area contributed by atoms with Gasteiger partial charge in [0, 0.05) is 17.7 Å². The number of oxime groups is 1. The first kappa shape index (κ1) is 15.2. The summed E-state index contributed by atoms with van der Waals surface area (Å²) >= 11 is 0. The Hall–Kier alpha value is -3.16. The molecule has 0 amide bonds. The van der Waals surface area contributed by atoms with Crippen LogP contribution in [0.2, 0.25) is 0 Å². The normalized spacial score (nSPS) is 10.6. The number of rotatable bonds is 6. The Balaban J connectivity index is 1.96. The number of nitrogens with zero attached hydrogens (tertiary/aromatic N) is 2. The van der Waals surface area contributed by atoms with Gasteiger partial charge in [0.15, 0.2) is 12.4 Å². The first-order valence-corrected chi connectivity index (χ1v) is 6.16. The van der Waals surface area contributed by atoms with Crippen molar-refractivity contribution < 1.29 is 23.7 Å². The fourth-order valence-electron chi connectivity index (χ4n) is 1.66. The lowest BCUT2D eigenvalue weighted by molar-refractivity contribution is -0.384. The summed E-state index contributed by atoms with van der Waals surface area (Å²) in [7, 11) is 1.26. The molecule has 2 rings (SSSR count). The van der Waals surface area contributed by atoms with E-state index < -0.39 is 10.9 Å². The average Bonchev–Trinajstić information content (AvgIpc) is 2.99. The zero-order chi connectivity index (χ0) is 15.9. The second kappa shape index (κ2) is 7.02. The maximum Gasteiger partial charge on any atom is 0.341 e. The molecular formula is C14H12N2O6. The van der Waals surface area contributed by atoms with E-state index >= 15 is 0 Å². The molecule has 0 bridgehead atoms. The van der Waals surface area contributed by atoms with E-state index in [-0.39, 0.29) is 23.6 Å². The quantitative estimate of drug-likeness (QED) is 0.351. The summed E-state index contributed by atoms with van der Waals surface area (Å²) in [5.74, 6) is -0.252. The molecule has 22 heavy (non-hydrogen) atoms. The largest absolute Gasteiger partial charge is 0.465 e. The van der Waals surface area contributed by atoms with E-state index in [1.807, 2.05) is 0 Å². The fraction of sp³-hybridized carbons (Fsp3) is 0.143. The molecule has 0 aliphatic rings. The van der Waals surface area contributed by atoms with Gasteiger partial charge in [0.05, 0.1) is 24.5 Å². The standard InChI is InChI=1S/C14H12N2O6/c1-20-14(17)12-5-6-21-13(12)9-22-15-8-10-3-2-4-11(7-10)16(18)19/h2-8H,9H2,1H3. The van der Waals surface area contributed by atoms with Crippen LogP contribution in [0.3, 0.4) is 0 Å². The number of esters is 1. The van der Waals surface area contributed by atoms with Crippen LogP contribution in [0.15, 0.2) is 46.2 Å². The molecule has 0 N–H and O–H groups in total. The van der Waals surface area contributed by atoms with Crippen molar-refractivity contribution in [3.8, 4) is 0 Å². The summed E-state index contributed by atoms with van der Waals surface area (Å²) in [6.07, 6.45) is 2.67. The maximum atomic E-state index is 11.4. The predicted molar refractivity (Wildman–Crippen MR) is 75.5 cm³/mol. The Morgan fingerprint density at radius 3 is 3.00 bits per heavy atom. The Morgan fingerprint density at radius 1 is 1.45 bits per heavy atom. The number of nitro groups is 1. The number of hydrogen-bond acceptors (Lipinski definition) is 7. The minimum atomic E-state index is -0.532. The van der Waals surface area contributed by atoms with Crippen molar-refractivity contribution in [2.24, 2.45) is 5.16 Å². The molecular weight excluding hydrogens is 292 g/mol. The van der Waals surface area contributed by atoms with Gasteiger partial charge in [0.25, 0.3) is 5.69 Å². The van der Waals surface area contributed by atoms with Gasteiger partial charge in [-0.25, -0.2) is 4.79 Å². The molecule has 0 saturated carbocycles. The summed E-state index contributed by atoms with van der Waals surface area (Å²) in [5.41, 5.74) is 0.734. The van der Waals surface area contributed by atoms with Crippen LogP contribution in [-0.2, 0) is 16.2 Å². The van der Waals surface area contributed by atoms with Crippen molar-refractivity contribution in [2.75, 3.05) is 7.11 Å². The number of methoxy groups -OCH3 is 1. The lowest BCUT2D eigenvalue weighted by atomic mass is 10.2. The highest BCUT2D eigenvalue weighted by molar-refractivity contribution is 5.90. The summed E-state index contributed by atoms with van der Waals surface area (Å²) < 4.78 is 9.69. The Kier molecular flexibility index (Phi) is 4.86. The lowest BCUT2D eigenvalue weighted by Gasteiger charge is -2.00. The highest BCUT2D eigenvalue weighted by Crippen LogP contribution is 2.14. The van der Waals surface area contributed by atoms with E-state index in [0.717, 1.165) is 0 Å². The number of ether oxygens (including phenoxy) is 1. The van der Waals surface area contributed by atoms with Crippen molar-refractivity contribution in [1.82, 2.24) is 0 Å². The van der Waals surface area contributed by atoms with Crippen LogP contribution in [0.5, 0.6) is 0 Å². The Labute approximate surface area is 125 Å². The highest BCUT2D eigenvalue weighted by Gasteiger charge is 2.15. The first-order valence-electron chi connectivity index (χ1n) is 6.16.